The molecule has 2 unspecified atom stereocenters. The minimum absolute atomic E-state index is 0.533. The molecule has 4 nitrogen and oxygen atoms in total. The van der Waals surface area contributed by atoms with Crippen LogP contribution in [-0.2, 0) is 4.74 Å². The lowest BCUT2D eigenvalue weighted by Crippen LogP contribution is -2.54. The Balaban J connectivity index is 2.32. The van der Waals surface area contributed by atoms with E-state index in [0.717, 1.165) is 45.8 Å². The van der Waals surface area contributed by atoms with Gasteiger partial charge in [-0.2, -0.15) is 0 Å². The Morgan fingerprint density at radius 1 is 1.19 bits per heavy atom. The molecule has 0 saturated carbocycles. The number of ether oxygens (including phenoxy) is 1. The van der Waals surface area contributed by atoms with Crippen LogP contribution in [0.25, 0.3) is 0 Å². The monoisotopic (exact) mass is 229 g/mol. The van der Waals surface area contributed by atoms with Gasteiger partial charge in [0, 0.05) is 51.9 Å². The normalized spacial score (nSPS) is 23.2. The van der Waals surface area contributed by atoms with Gasteiger partial charge in [-0.1, -0.05) is 6.92 Å². The van der Waals surface area contributed by atoms with E-state index < -0.39 is 0 Å². The van der Waals surface area contributed by atoms with Crippen LogP contribution in [0.15, 0.2) is 0 Å². The van der Waals surface area contributed by atoms with E-state index in [-0.39, 0.29) is 0 Å². The molecule has 4 heteroatoms. The molecule has 0 aliphatic carbocycles. The molecule has 0 aromatic rings. The van der Waals surface area contributed by atoms with Crippen LogP contribution in [0.3, 0.4) is 0 Å². The van der Waals surface area contributed by atoms with Crippen LogP contribution in [0.4, 0.5) is 0 Å². The highest BCUT2D eigenvalue weighted by Gasteiger charge is 2.24. The number of piperazine rings is 1. The van der Waals surface area contributed by atoms with Gasteiger partial charge in [0.1, 0.15) is 0 Å². The van der Waals surface area contributed by atoms with E-state index in [1.165, 1.54) is 0 Å². The Labute approximate surface area is 99.7 Å². The van der Waals surface area contributed by atoms with Gasteiger partial charge in [0.25, 0.3) is 0 Å². The molecule has 0 bridgehead atoms. The molecule has 0 aromatic heterocycles. The molecule has 1 fully saturated rings. The molecule has 1 saturated heterocycles. The third-order valence-corrected chi connectivity index (χ3v) is 3.64. The van der Waals surface area contributed by atoms with Crippen LogP contribution in [-0.4, -0.2) is 68.3 Å². The van der Waals surface area contributed by atoms with Crippen molar-refractivity contribution in [2.75, 3.05) is 46.4 Å². The summed E-state index contributed by atoms with van der Waals surface area (Å²) in [7, 11) is 1.77. The van der Waals surface area contributed by atoms with Crippen LogP contribution >= 0.6 is 0 Å². The van der Waals surface area contributed by atoms with Gasteiger partial charge >= 0.3 is 0 Å². The summed E-state index contributed by atoms with van der Waals surface area (Å²) in [5, 5.41) is 0. The van der Waals surface area contributed by atoms with Crippen LogP contribution in [0.2, 0.25) is 0 Å². The van der Waals surface area contributed by atoms with Crippen molar-refractivity contribution in [3.05, 3.63) is 0 Å². The Hall–Kier alpha value is -0.160. The van der Waals surface area contributed by atoms with Gasteiger partial charge in [0.15, 0.2) is 0 Å². The van der Waals surface area contributed by atoms with Crippen molar-refractivity contribution in [2.45, 2.75) is 32.4 Å². The average Bonchev–Trinajstić information content (AvgIpc) is 2.32. The van der Waals surface area contributed by atoms with Gasteiger partial charge in [-0.3, -0.25) is 9.80 Å². The summed E-state index contributed by atoms with van der Waals surface area (Å²) < 4.78 is 5.20. The lowest BCUT2D eigenvalue weighted by atomic mass is 10.1. The van der Waals surface area contributed by atoms with Gasteiger partial charge in [0.05, 0.1) is 6.61 Å². The largest absolute Gasteiger partial charge is 0.383 e. The average molecular weight is 229 g/mol. The first-order valence-electron chi connectivity index (χ1n) is 6.40. The Morgan fingerprint density at radius 2 is 1.75 bits per heavy atom. The maximum Gasteiger partial charge on any atom is 0.0615 e. The van der Waals surface area contributed by atoms with Crippen molar-refractivity contribution in [3.63, 3.8) is 0 Å². The van der Waals surface area contributed by atoms with Crippen LogP contribution in [0.1, 0.15) is 20.3 Å². The second-order valence-corrected chi connectivity index (χ2v) is 4.67. The standard InChI is InChI=1S/C12H27N3O/c1-4-12(9-13)15-7-5-14(6-8-15)11(2)10-16-3/h11-12H,4-10,13H2,1-3H3. The fourth-order valence-electron chi connectivity index (χ4n) is 2.46. The molecule has 1 aliphatic heterocycles. The number of hydrogen-bond donors (Lipinski definition) is 1. The Bertz CT molecular complexity index is 177. The molecule has 1 rings (SSSR count). The van der Waals surface area contributed by atoms with E-state index in [9.17, 15) is 0 Å². The fraction of sp³-hybridized carbons (Fsp3) is 1.00. The van der Waals surface area contributed by atoms with Crippen LogP contribution < -0.4 is 5.73 Å². The maximum absolute atomic E-state index is 5.78. The molecule has 0 spiro atoms. The van der Waals surface area contributed by atoms with Gasteiger partial charge in [-0.15, -0.1) is 0 Å². The lowest BCUT2D eigenvalue weighted by molar-refractivity contribution is 0.0426. The highest BCUT2D eigenvalue weighted by atomic mass is 16.5. The maximum atomic E-state index is 5.78. The first-order chi connectivity index (χ1) is 7.72. The van der Waals surface area contributed by atoms with Crippen molar-refractivity contribution >= 4 is 0 Å². The zero-order valence-electron chi connectivity index (χ0n) is 11.0. The highest BCUT2D eigenvalue weighted by molar-refractivity contribution is 4.80. The molecule has 2 atom stereocenters. The SMILES string of the molecule is CCC(CN)N1CCN(C(C)COC)CC1. The minimum atomic E-state index is 0.533. The Morgan fingerprint density at radius 3 is 2.19 bits per heavy atom. The second-order valence-electron chi connectivity index (χ2n) is 4.67. The van der Waals surface area contributed by atoms with Crippen LogP contribution in [0, 0.1) is 0 Å². The van der Waals surface area contributed by atoms with E-state index in [1.807, 2.05) is 0 Å². The minimum Gasteiger partial charge on any atom is -0.383 e. The number of nitrogens with two attached hydrogens (primary N) is 1. The van der Waals surface area contributed by atoms with Crippen LogP contribution in [0.5, 0.6) is 0 Å². The van der Waals surface area contributed by atoms with Gasteiger partial charge in [0.2, 0.25) is 0 Å². The van der Waals surface area contributed by atoms with Crippen molar-refractivity contribution in [1.82, 2.24) is 9.80 Å². The van der Waals surface area contributed by atoms with E-state index in [1.54, 1.807) is 7.11 Å². The Kier molecular flexibility index (Phi) is 6.28. The summed E-state index contributed by atoms with van der Waals surface area (Å²) in [6, 6.07) is 1.10. The molecule has 0 radical (unpaired) electrons. The topological polar surface area (TPSA) is 41.7 Å². The molecular formula is C12H27N3O. The zero-order valence-corrected chi connectivity index (χ0v) is 11.0. The van der Waals surface area contributed by atoms with E-state index in [2.05, 4.69) is 23.6 Å². The van der Waals surface area contributed by atoms with E-state index >= 15 is 0 Å². The smallest absolute Gasteiger partial charge is 0.0615 e. The molecule has 0 amide bonds. The summed E-state index contributed by atoms with van der Waals surface area (Å²) >= 11 is 0. The zero-order chi connectivity index (χ0) is 12.0. The number of nitrogens with zero attached hydrogens (tertiary/aromatic N) is 2. The first-order valence-corrected chi connectivity index (χ1v) is 6.40. The van der Waals surface area contributed by atoms with E-state index in [0.29, 0.717) is 12.1 Å². The number of methoxy groups -OCH3 is 1. The highest BCUT2D eigenvalue weighted by Crippen LogP contribution is 2.10. The predicted molar refractivity (Wildman–Crippen MR) is 67.6 cm³/mol. The number of hydrogen-bond acceptors (Lipinski definition) is 4. The summed E-state index contributed by atoms with van der Waals surface area (Å²) in [6.45, 7) is 10.6. The summed E-state index contributed by atoms with van der Waals surface area (Å²) in [4.78, 5) is 5.03. The van der Waals surface area contributed by atoms with Crippen molar-refractivity contribution < 1.29 is 4.74 Å². The second kappa shape index (κ2) is 7.22. The summed E-state index contributed by atoms with van der Waals surface area (Å²) in [6.07, 6.45) is 1.16. The molecule has 96 valence electrons. The fourth-order valence-corrected chi connectivity index (χ4v) is 2.46. The molecule has 1 aliphatic rings. The quantitative estimate of drug-likeness (QED) is 0.715. The molecular weight excluding hydrogens is 202 g/mol. The van der Waals surface area contributed by atoms with Gasteiger partial charge < -0.3 is 10.5 Å². The molecule has 0 aromatic carbocycles. The molecule has 2 N–H and O–H groups in total. The molecule has 16 heavy (non-hydrogen) atoms. The van der Waals surface area contributed by atoms with Gasteiger partial charge in [-0.05, 0) is 13.3 Å². The third kappa shape index (κ3) is 3.70. The summed E-state index contributed by atoms with van der Waals surface area (Å²) in [5.74, 6) is 0. The van der Waals surface area contributed by atoms with E-state index in [4.69, 9.17) is 10.5 Å². The summed E-state index contributed by atoms with van der Waals surface area (Å²) in [5.41, 5.74) is 5.78. The van der Waals surface area contributed by atoms with Crippen molar-refractivity contribution in [1.29, 1.82) is 0 Å². The van der Waals surface area contributed by atoms with Gasteiger partial charge in [-0.25, -0.2) is 0 Å². The van der Waals surface area contributed by atoms with Crippen molar-refractivity contribution in [2.24, 2.45) is 5.73 Å². The number of rotatable bonds is 6. The lowest BCUT2D eigenvalue weighted by Gasteiger charge is -2.40. The van der Waals surface area contributed by atoms with Crippen molar-refractivity contribution in [3.8, 4) is 0 Å². The third-order valence-electron chi connectivity index (χ3n) is 3.64. The molecule has 1 heterocycles. The first kappa shape index (κ1) is 13.9. The predicted octanol–water partition coefficient (Wildman–Crippen LogP) is 0.376.